The van der Waals surface area contributed by atoms with Gasteiger partial charge in [0.25, 0.3) is 0 Å². The average molecular weight is 330 g/mol. The molecule has 25 heavy (non-hydrogen) atoms. The Hall–Kier alpha value is -3.07. The molecule has 0 fully saturated rings. The molecule has 1 aliphatic rings. The van der Waals surface area contributed by atoms with E-state index in [4.69, 9.17) is 9.15 Å². The fourth-order valence-electron chi connectivity index (χ4n) is 3.08. The molecule has 1 heterocycles. The highest BCUT2D eigenvalue weighted by molar-refractivity contribution is 5.96. The van der Waals surface area contributed by atoms with Crippen molar-refractivity contribution in [3.05, 3.63) is 84.3 Å². The summed E-state index contributed by atoms with van der Waals surface area (Å²) in [5, 5.41) is 0. The van der Waals surface area contributed by atoms with Crippen molar-refractivity contribution in [1.82, 2.24) is 0 Å². The van der Waals surface area contributed by atoms with E-state index in [1.807, 2.05) is 48.5 Å². The summed E-state index contributed by atoms with van der Waals surface area (Å²) >= 11 is 0. The van der Waals surface area contributed by atoms with Crippen LogP contribution in [0.15, 0.2) is 77.6 Å². The summed E-state index contributed by atoms with van der Waals surface area (Å²) in [5.41, 5.74) is 4.30. The average Bonchev–Trinajstić information content (AvgIpc) is 3.15. The number of benzene rings is 2. The van der Waals surface area contributed by atoms with Gasteiger partial charge in [0.15, 0.2) is 5.78 Å². The van der Waals surface area contributed by atoms with Gasteiger partial charge in [0.05, 0.1) is 12.5 Å². The van der Waals surface area contributed by atoms with Gasteiger partial charge in [-0.3, -0.25) is 4.79 Å². The molecule has 3 aromatic rings. The molecule has 0 unspecified atom stereocenters. The molecule has 0 amide bonds. The third kappa shape index (κ3) is 3.41. The van der Waals surface area contributed by atoms with E-state index in [1.165, 1.54) is 5.56 Å². The van der Waals surface area contributed by atoms with Gasteiger partial charge in [0.1, 0.15) is 11.5 Å². The van der Waals surface area contributed by atoms with Gasteiger partial charge in [-0.15, -0.1) is 0 Å². The molecule has 3 heteroatoms. The van der Waals surface area contributed by atoms with Crippen molar-refractivity contribution in [2.75, 3.05) is 0 Å². The molecule has 3 nitrogen and oxygen atoms in total. The number of hydrogen-bond donors (Lipinski definition) is 0. The number of carbonyl (C=O) groups is 1. The van der Waals surface area contributed by atoms with Crippen molar-refractivity contribution in [1.29, 1.82) is 0 Å². The lowest BCUT2D eigenvalue weighted by molar-refractivity contribution is -0.114. The predicted molar refractivity (Wildman–Crippen MR) is 97.1 cm³/mol. The normalized spacial score (nSPS) is 14.2. The van der Waals surface area contributed by atoms with Gasteiger partial charge in [-0.1, -0.05) is 36.4 Å². The van der Waals surface area contributed by atoms with Crippen LogP contribution in [0.3, 0.4) is 0 Å². The van der Waals surface area contributed by atoms with Crippen molar-refractivity contribution in [3.63, 3.8) is 0 Å². The minimum Gasteiger partial charge on any atom is -0.472 e. The highest BCUT2D eigenvalue weighted by Gasteiger charge is 2.15. The zero-order valence-corrected chi connectivity index (χ0v) is 13.8. The zero-order valence-electron chi connectivity index (χ0n) is 13.8. The van der Waals surface area contributed by atoms with Crippen LogP contribution in [-0.4, -0.2) is 5.78 Å². The first-order chi connectivity index (χ1) is 12.3. The van der Waals surface area contributed by atoms with E-state index < -0.39 is 0 Å². The van der Waals surface area contributed by atoms with E-state index in [0.29, 0.717) is 17.9 Å². The maximum absolute atomic E-state index is 12.1. The van der Waals surface area contributed by atoms with E-state index in [9.17, 15) is 4.79 Å². The molecular formula is C22H18O3. The van der Waals surface area contributed by atoms with Crippen molar-refractivity contribution in [2.24, 2.45) is 0 Å². The number of furan rings is 1. The van der Waals surface area contributed by atoms with Crippen LogP contribution in [-0.2, 0) is 11.2 Å². The minimum atomic E-state index is 0.111. The molecule has 0 bridgehead atoms. The summed E-state index contributed by atoms with van der Waals surface area (Å²) in [6.45, 7) is 0. The Kier molecular flexibility index (Phi) is 4.21. The number of allylic oxidation sites excluding steroid dienone is 1. The van der Waals surface area contributed by atoms with E-state index in [1.54, 1.807) is 18.6 Å². The molecule has 0 atom stereocenters. The third-order valence-corrected chi connectivity index (χ3v) is 4.38. The molecule has 4 rings (SSSR count). The molecular weight excluding hydrogens is 312 g/mol. The second-order valence-corrected chi connectivity index (χ2v) is 6.12. The topological polar surface area (TPSA) is 39.4 Å². The monoisotopic (exact) mass is 330 g/mol. The summed E-state index contributed by atoms with van der Waals surface area (Å²) in [4.78, 5) is 12.1. The van der Waals surface area contributed by atoms with Gasteiger partial charge in [0, 0.05) is 23.6 Å². The molecule has 0 N–H and O–H groups in total. The Morgan fingerprint density at radius 1 is 0.880 bits per heavy atom. The molecule has 0 spiro atoms. The lowest BCUT2D eigenvalue weighted by Crippen LogP contribution is -2.07. The second-order valence-electron chi connectivity index (χ2n) is 6.12. The van der Waals surface area contributed by atoms with Crippen LogP contribution in [0.4, 0.5) is 0 Å². The van der Waals surface area contributed by atoms with Crippen LogP contribution in [0, 0.1) is 0 Å². The van der Waals surface area contributed by atoms with E-state index in [2.05, 4.69) is 6.07 Å². The van der Waals surface area contributed by atoms with Crippen LogP contribution >= 0.6 is 0 Å². The summed E-state index contributed by atoms with van der Waals surface area (Å²) in [5.74, 6) is 1.44. The Bertz CT molecular complexity index is 903. The smallest absolute Gasteiger partial charge is 0.159 e. The molecule has 0 saturated carbocycles. The first kappa shape index (κ1) is 15.5. The van der Waals surface area contributed by atoms with Crippen molar-refractivity contribution < 1.29 is 13.9 Å². The molecule has 0 saturated heterocycles. The molecule has 124 valence electrons. The summed E-state index contributed by atoms with van der Waals surface area (Å²) in [6.07, 6.45) is 7.31. The maximum Gasteiger partial charge on any atom is 0.159 e. The fourth-order valence-corrected chi connectivity index (χ4v) is 3.08. The number of ether oxygens (including phenoxy) is 1. The fraction of sp³-hybridized carbons (Fsp3) is 0.136. The van der Waals surface area contributed by atoms with Crippen molar-refractivity contribution in [2.45, 2.75) is 19.3 Å². The SMILES string of the molecule is O=C1C=C(Oc2ccc(-c3ccoc3)cc2)c2ccccc2CCC1. The Balaban J connectivity index is 1.64. The third-order valence-electron chi connectivity index (χ3n) is 4.38. The number of rotatable bonds is 3. The minimum absolute atomic E-state index is 0.111. The Labute approximate surface area is 146 Å². The number of fused-ring (bicyclic) bond motifs is 1. The van der Waals surface area contributed by atoms with Gasteiger partial charge < -0.3 is 9.15 Å². The molecule has 1 aliphatic carbocycles. The van der Waals surface area contributed by atoms with Crippen LogP contribution in [0.5, 0.6) is 5.75 Å². The lowest BCUT2D eigenvalue weighted by Gasteiger charge is -2.16. The molecule has 0 radical (unpaired) electrons. The van der Waals surface area contributed by atoms with Gasteiger partial charge in [-0.2, -0.15) is 0 Å². The van der Waals surface area contributed by atoms with Crippen LogP contribution < -0.4 is 4.74 Å². The van der Waals surface area contributed by atoms with Crippen LogP contribution in [0.25, 0.3) is 16.9 Å². The predicted octanol–water partition coefficient (Wildman–Crippen LogP) is 5.27. The van der Waals surface area contributed by atoms with E-state index >= 15 is 0 Å². The van der Waals surface area contributed by atoms with Gasteiger partial charge in [-0.25, -0.2) is 0 Å². The second kappa shape index (κ2) is 6.81. The van der Waals surface area contributed by atoms with Gasteiger partial charge in [0.2, 0.25) is 0 Å². The van der Waals surface area contributed by atoms with Gasteiger partial charge in [-0.05, 0) is 42.2 Å². The Morgan fingerprint density at radius 3 is 2.52 bits per heavy atom. The highest BCUT2D eigenvalue weighted by Crippen LogP contribution is 2.29. The van der Waals surface area contributed by atoms with E-state index in [-0.39, 0.29) is 5.78 Å². The highest BCUT2D eigenvalue weighted by atomic mass is 16.5. The Morgan fingerprint density at radius 2 is 1.72 bits per heavy atom. The first-order valence-electron chi connectivity index (χ1n) is 8.43. The van der Waals surface area contributed by atoms with E-state index in [0.717, 1.165) is 29.5 Å². The number of hydrogen-bond acceptors (Lipinski definition) is 3. The van der Waals surface area contributed by atoms with Crippen LogP contribution in [0.2, 0.25) is 0 Å². The summed E-state index contributed by atoms with van der Waals surface area (Å²) < 4.78 is 11.2. The number of aryl methyl sites for hydroxylation is 1. The molecule has 0 aliphatic heterocycles. The van der Waals surface area contributed by atoms with Gasteiger partial charge >= 0.3 is 0 Å². The number of carbonyl (C=O) groups excluding carboxylic acids is 1. The van der Waals surface area contributed by atoms with Crippen molar-refractivity contribution in [3.8, 4) is 16.9 Å². The maximum atomic E-state index is 12.1. The number of ketones is 1. The lowest BCUT2D eigenvalue weighted by atomic mass is 9.96. The largest absolute Gasteiger partial charge is 0.472 e. The summed E-state index contributed by atoms with van der Waals surface area (Å²) in [6, 6.07) is 17.8. The standard InChI is InChI=1S/C22H18O3/c23-19-6-3-5-17-4-1-2-7-21(17)22(14-19)25-20-10-8-16(9-11-20)18-12-13-24-15-18/h1-2,4,7-15H,3,5-6H2. The van der Waals surface area contributed by atoms with Crippen molar-refractivity contribution >= 4 is 11.5 Å². The zero-order chi connectivity index (χ0) is 17.1. The summed E-state index contributed by atoms with van der Waals surface area (Å²) in [7, 11) is 0. The molecule has 1 aromatic heterocycles. The van der Waals surface area contributed by atoms with Crippen LogP contribution in [0.1, 0.15) is 24.0 Å². The molecule has 2 aromatic carbocycles. The quantitative estimate of drug-likeness (QED) is 0.656. The first-order valence-corrected chi connectivity index (χ1v) is 8.43.